The highest BCUT2D eigenvalue weighted by atomic mass is 32.1. The summed E-state index contributed by atoms with van der Waals surface area (Å²) in [6.07, 6.45) is 4.36. The van der Waals surface area contributed by atoms with Gasteiger partial charge in [0.2, 0.25) is 5.91 Å². The van der Waals surface area contributed by atoms with Crippen molar-refractivity contribution in [1.29, 1.82) is 0 Å². The van der Waals surface area contributed by atoms with Gasteiger partial charge in [0.25, 0.3) is 5.91 Å². The number of nitrogens with zero attached hydrogens (tertiary/aromatic N) is 1. The normalized spacial score (nSPS) is 17.1. The molecule has 1 unspecified atom stereocenters. The zero-order chi connectivity index (χ0) is 18.7. The fraction of sp³-hybridized carbons (Fsp3) is 0.500. The van der Waals surface area contributed by atoms with Gasteiger partial charge in [-0.25, -0.2) is 0 Å². The Bertz CT molecular complexity index is 724. The van der Waals surface area contributed by atoms with Crippen LogP contribution < -0.4 is 5.32 Å². The van der Waals surface area contributed by atoms with Gasteiger partial charge in [-0.05, 0) is 35.8 Å². The molecular formula is C20H26N2O3S. The molecule has 1 aliphatic rings. The molecule has 140 valence electrons. The Morgan fingerprint density at radius 2 is 2.00 bits per heavy atom. The third kappa shape index (κ3) is 4.18. The van der Waals surface area contributed by atoms with E-state index < -0.39 is 0 Å². The topological polar surface area (TPSA) is 62.6 Å². The van der Waals surface area contributed by atoms with Crippen molar-refractivity contribution in [2.45, 2.75) is 39.7 Å². The molecule has 3 rings (SSSR count). The standard InChI is InChI=1S/C20H26N2O3S/c1-20(2,3)17(16-5-4-12-26-16)21-18(23)14-6-9-22(10-7-14)19(24)15-8-11-25-13-15/h4-5,8,11-14,17H,6-7,9-10H2,1-3H3,(H,21,23). The van der Waals surface area contributed by atoms with Gasteiger partial charge in [0, 0.05) is 23.9 Å². The molecule has 0 aromatic carbocycles. The molecule has 2 amide bonds. The molecule has 0 aliphatic carbocycles. The molecule has 0 saturated carbocycles. The molecule has 26 heavy (non-hydrogen) atoms. The SMILES string of the molecule is CC(C)(C)C(NC(=O)C1CCN(C(=O)c2ccoc2)CC1)c1cccs1. The lowest BCUT2D eigenvalue weighted by atomic mass is 9.85. The highest BCUT2D eigenvalue weighted by molar-refractivity contribution is 7.10. The lowest BCUT2D eigenvalue weighted by Gasteiger charge is -2.35. The van der Waals surface area contributed by atoms with Crippen molar-refractivity contribution >= 4 is 23.2 Å². The zero-order valence-electron chi connectivity index (χ0n) is 15.5. The largest absolute Gasteiger partial charge is 0.472 e. The molecule has 3 heterocycles. The van der Waals surface area contributed by atoms with Gasteiger partial charge in [0.15, 0.2) is 0 Å². The Morgan fingerprint density at radius 1 is 1.27 bits per heavy atom. The van der Waals surface area contributed by atoms with Gasteiger partial charge in [0.1, 0.15) is 6.26 Å². The molecule has 2 aromatic rings. The van der Waals surface area contributed by atoms with E-state index in [4.69, 9.17) is 4.42 Å². The molecule has 1 aliphatic heterocycles. The minimum absolute atomic E-state index is 0.000548. The third-order valence-electron chi connectivity index (χ3n) is 4.90. The predicted molar refractivity (Wildman–Crippen MR) is 102 cm³/mol. The number of likely N-dealkylation sites (tertiary alicyclic amines) is 1. The molecule has 1 saturated heterocycles. The van der Waals surface area contributed by atoms with Gasteiger partial charge >= 0.3 is 0 Å². The van der Waals surface area contributed by atoms with Crippen LogP contribution in [0.2, 0.25) is 0 Å². The summed E-state index contributed by atoms with van der Waals surface area (Å²) in [6.45, 7) is 7.63. The number of furan rings is 1. The second-order valence-electron chi connectivity index (χ2n) is 7.90. The Labute approximate surface area is 158 Å². The molecule has 1 fully saturated rings. The molecule has 0 bridgehead atoms. The van der Waals surface area contributed by atoms with E-state index >= 15 is 0 Å². The van der Waals surface area contributed by atoms with E-state index in [1.54, 1.807) is 22.3 Å². The maximum absolute atomic E-state index is 12.8. The third-order valence-corrected chi connectivity index (χ3v) is 5.84. The number of rotatable bonds is 4. The van der Waals surface area contributed by atoms with Crippen molar-refractivity contribution in [3.63, 3.8) is 0 Å². The van der Waals surface area contributed by atoms with Crippen molar-refractivity contribution in [1.82, 2.24) is 10.2 Å². The fourth-order valence-corrected chi connectivity index (χ4v) is 4.36. The fourth-order valence-electron chi connectivity index (χ4n) is 3.34. The Morgan fingerprint density at radius 3 is 2.54 bits per heavy atom. The van der Waals surface area contributed by atoms with E-state index in [0.29, 0.717) is 31.5 Å². The van der Waals surface area contributed by atoms with E-state index in [2.05, 4.69) is 32.2 Å². The monoisotopic (exact) mass is 374 g/mol. The average Bonchev–Trinajstić information content (AvgIpc) is 3.31. The van der Waals surface area contributed by atoms with E-state index in [9.17, 15) is 9.59 Å². The molecule has 1 atom stereocenters. The van der Waals surface area contributed by atoms with Gasteiger partial charge < -0.3 is 14.6 Å². The number of piperidine rings is 1. The van der Waals surface area contributed by atoms with Crippen LogP contribution in [0.25, 0.3) is 0 Å². The maximum Gasteiger partial charge on any atom is 0.257 e. The summed E-state index contributed by atoms with van der Waals surface area (Å²) in [7, 11) is 0. The first-order valence-corrected chi connectivity index (χ1v) is 9.89. The summed E-state index contributed by atoms with van der Waals surface area (Å²) in [5, 5.41) is 5.30. The smallest absolute Gasteiger partial charge is 0.257 e. The van der Waals surface area contributed by atoms with Gasteiger partial charge in [-0.15, -0.1) is 11.3 Å². The van der Waals surface area contributed by atoms with Gasteiger partial charge in [-0.1, -0.05) is 26.8 Å². The number of carbonyl (C=O) groups is 2. The highest BCUT2D eigenvalue weighted by Gasteiger charge is 2.33. The van der Waals surface area contributed by atoms with Gasteiger partial charge in [0.05, 0.1) is 17.9 Å². The van der Waals surface area contributed by atoms with Gasteiger partial charge in [-0.3, -0.25) is 9.59 Å². The number of hydrogen-bond donors (Lipinski definition) is 1. The lowest BCUT2D eigenvalue weighted by Crippen LogP contribution is -2.45. The number of thiophene rings is 1. The molecule has 2 aromatic heterocycles. The molecule has 5 nitrogen and oxygen atoms in total. The lowest BCUT2D eigenvalue weighted by molar-refractivity contribution is -0.127. The first-order chi connectivity index (χ1) is 12.4. The van der Waals surface area contributed by atoms with Crippen molar-refractivity contribution in [2.75, 3.05) is 13.1 Å². The number of hydrogen-bond acceptors (Lipinski definition) is 4. The van der Waals surface area contributed by atoms with Crippen LogP contribution in [0.4, 0.5) is 0 Å². The van der Waals surface area contributed by atoms with Gasteiger partial charge in [-0.2, -0.15) is 0 Å². The van der Waals surface area contributed by atoms with Crippen molar-refractivity contribution in [2.24, 2.45) is 11.3 Å². The average molecular weight is 375 g/mol. The molecule has 1 N–H and O–H groups in total. The second-order valence-corrected chi connectivity index (χ2v) is 8.88. The number of carbonyl (C=O) groups excluding carboxylic acids is 2. The Balaban J connectivity index is 1.58. The first kappa shape index (κ1) is 18.7. The Kier molecular flexibility index (Phi) is 5.51. The number of amides is 2. The van der Waals surface area contributed by atoms with Crippen LogP contribution in [0.1, 0.15) is 54.9 Å². The summed E-state index contributed by atoms with van der Waals surface area (Å²) in [5.41, 5.74) is 0.511. The summed E-state index contributed by atoms with van der Waals surface area (Å²) < 4.78 is 4.99. The molecule has 0 radical (unpaired) electrons. The van der Waals surface area contributed by atoms with Crippen LogP contribution in [0.5, 0.6) is 0 Å². The minimum Gasteiger partial charge on any atom is -0.472 e. The first-order valence-electron chi connectivity index (χ1n) is 9.01. The second kappa shape index (κ2) is 7.66. The molecule has 6 heteroatoms. The van der Waals surface area contributed by atoms with Crippen molar-refractivity contribution in [3.05, 3.63) is 46.5 Å². The predicted octanol–water partition coefficient (Wildman–Crippen LogP) is 4.10. The van der Waals surface area contributed by atoms with Crippen LogP contribution in [0.15, 0.2) is 40.5 Å². The summed E-state index contributed by atoms with van der Waals surface area (Å²) in [5.74, 6) is 0.0192. The highest BCUT2D eigenvalue weighted by Crippen LogP contribution is 2.35. The number of nitrogens with one attached hydrogen (secondary N) is 1. The van der Waals surface area contributed by atoms with Crippen LogP contribution in [-0.2, 0) is 4.79 Å². The van der Waals surface area contributed by atoms with E-state index in [0.717, 1.165) is 0 Å². The summed E-state index contributed by atoms with van der Waals surface area (Å²) in [6, 6.07) is 5.77. The summed E-state index contributed by atoms with van der Waals surface area (Å²) in [4.78, 5) is 28.2. The minimum atomic E-state index is -0.0571. The van der Waals surface area contributed by atoms with Crippen molar-refractivity contribution in [3.8, 4) is 0 Å². The Hall–Kier alpha value is -2.08. The van der Waals surface area contributed by atoms with Crippen molar-refractivity contribution < 1.29 is 14.0 Å². The van der Waals surface area contributed by atoms with E-state index in [1.165, 1.54) is 17.4 Å². The summed E-state index contributed by atoms with van der Waals surface area (Å²) >= 11 is 1.67. The van der Waals surface area contributed by atoms with Crippen LogP contribution in [0, 0.1) is 11.3 Å². The van der Waals surface area contributed by atoms with Crippen LogP contribution in [-0.4, -0.2) is 29.8 Å². The molecular weight excluding hydrogens is 348 g/mol. The molecule has 0 spiro atoms. The van der Waals surface area contributed by atoms with E-state index in [-0.39, 0.29) is 29.2 Å². The van der Waals surface area contributed by atoms with E-state index in [1.807, 2.05) is 11.4 Å². The maximum atomic E-state index is 12.8. The van der Waals surface area contributed by atoms with Crippen LogP contribution in [0.3, 0.4) is 0 Å². The van der Waals surface area contributed by atoms with Crippen LogP contribution >= 0.6 is 11.3 Å². The zero-order valence-corrected chi connectivity index (χ0v) is 16.3. The quantitative estimate of drug-likeness (QED) is 0.876.